The number of fused-ring (bicyclic) bond motifs is 1. The van der Waals surface area contributed by atoms with Crippen LogP contribution in [-0.4, -0.2) is 17.7 Å². The zero-order valence-corrected chi connectivity index (χ0v) is 13.2. The van der Waals surface area contributed by atoms with Crippen LogP contribution >= 0.6 is 0 Å². The summed E-state index contributed by atoms with van der Waals surface area (Å²) in [6.07, 6.45) is 0. The zero-order chi connectivity index (χ0) is 16.4. The minimum atomic E-state index is -0.507. The molecule has 3 heteroatoms. The highest BCUT2D eigenvalue weighted by molar-refractivity contribution is 6.07. The number of hydrogen-bond donors (Lipinski definition) is 1. The van der Waals surface area contributed by atoms with E-state index < -0.39 is 5.97 Å². The highest BCUT2D eigenvalue weighted by atomic mass is 16.5. The molecule has 0 bridgehead atoms. The second kappa shape index (κ2) is 6.13. The van der Waals surface area contributed by atoms with Gasteiger partial charge in [-0.2, -0.15) is 0 Å². The van der Waals surface area contributed by atoms with Crippen molar-refractivity contribution in [2.24, 2.45) is 0 Å². The number of aryl methyl sites for hydroxylation is 1. The first-order chi connectivity index (χ1) is 11.1. The van der Waals surface area contributed by atoms with Crippen LogP contribution in [0.5, 0.6) is 5.75 Å². The monoisotopic (exact) mass is 306 g/mol. The maximum absolute atomic E-state index is 12.4. The van der Waals surface area contributed by atoms with Crippen molar-refractivity contribution in [1.82, 2.24) is 0 Å². The summed E-state index contributed by atoms with van der Waals surface area (Å²) in [6.45, 7) is 4.01. The molecule has 23 heavy (non-hydrogen) atoms. The molecular formula is C20H18O3. The van der Waals surface area contributed by atoms with E-state index in [9.17, 15) is 9.90 Å². The van der Waals surface area contributed by atoms with Crippen LogP contribution in [0.15, 0.2) is 54.6 Å². The van der Waals surface area contributed by atoms with Gasteiger partial charge in [0.05, 0.1) is 6.61 Å². The van der Waals surface area contributed by atoms with Crippen LogP contribution in [0, 0.1) is 6.92 Å². The Morgan fingerprint density at radius 1 is 1.09 bits per heavy atom. The number of esters is 1. The highest BCUT2D eigenvalue weighted by Crippen LogP contribution is 2.37. The van der Waals surface area contributed by atoms with E-state index in [-0.39, 0.29) is 17.9 Å². The molecule has 0 aromatic heterocycles. The van der Waals surface area contributed by atoms with Crippen molar-refractivity contribution < 1.29 is 14.6 Å². The van der Waals surface area contributed by atoms with Crippen molar-refractivity contribution in [3.63, 3.8) is 0 Å². The molecule has 0 saturated heterocycles. The second-order valence-corrected chi connectivity index (χ2v) is 5.46. The van der Waals surface area contributed by atoms with Gasteiger partial charge in [0.2, 0.25) is 0 Å². The Labute approximate surface area is 135 Å². The topological polar surface area (TPSA) is 46.5 Å². The van der Waals surface area contributed by atoms with E-state index in [0.29, 0.717) is 10.9 Å². The second-order valence-electron chi connectivity index (χ2n) is 5.46. The third kappa shape index (κ3) is 2.78. The molecular weight excluding hydrogens is 288 g/mol. The lowest BCUT2D eigenvalue weighted by atomic mass is 9.93. The summed E-state index contributed by atoms with van der Waals surface area (Å²) in [5.74, 6) is -0.537. The van der Waals surface area contributed by atoms with Crippen LogP contribution in [0.1, 0.15) is 22.8 Å². The third-order valence-electron chi connectivity index (χ3n) is 3.83. The molecule has 0 aliphatic carbocycles. The van der Waals surface area contributed by atoms with Crippen molar-refractivity contribution in [3.05, 3.63) is 65.7 Å². The van der Waals surface area contributed by atoms with E-state index in [1.54, 1.807) is 13.0 Å². The Kier molecular flexibility index (Phi) is 4.02. The summed E-state index contributed by atoms with van der Waals surface area (Å²) < 4.78 is 5.15. The van der Waals surface area contributed by atoms with Gasteiger partial charge in [-0.15, -0.1) is 0 Å². The largest absolute Gasteiger partial charge is 0.506 e. The van der Waals surface area contributed by atoms with Gasteiger partial charge in [0, 0.05) is 10.9 Å². The predicted octanol–water partition coefficient (Wildman–Crippen LogP) is 4.70. The number of benzene rings is 3. The Morgan fingerprint density at radius 2 is 1.87 bits per heavy atom. The Bertz CT molecular complexity index is 881. The highest BCUT2D eigenvalue weighted by Gasteiger charge is 2.21. The van der Waals surface area contributed by atoms with Crippen LogP contribution in [-0.2, 0) is 4.74 Å². The molecule has 3 aromatic rings. The van der Waals surface area contributed by atoms with Crippen molar-refractivity contribution in [1.29, 1.82) is 0 Å². The predicted molar refractivity (Wildman–Crippen MR) is 91.7 cm³/mol. The van der Waals surface area contributed by atoms with Gasteiger partial charge in [-0.1, -0.05) is 54.1 Å². The molecule has 3 rings (SSSR count). The van der Waals surface area contributed by atoms with Crippen molar-refractivity contribution in [3.8, 4) is 16.9 Å². The number of phenols is 1. The normalized spacial score (nSPS) is 10.7. The van der Waals surface area contributed by atoms with Crippen LogP contribution in [0.2, 0.25) is 0 Å². The maximum Gasteiger partial charge on any atom is 0.342 e. The first-order valence-corrected chi connectivity index (χ1v) is 7.60. The van der Waals surface area contributed by atoms with E-state index in [4.69, 9.17) is 4.74 Å². The van der Waals surface area contributed by atoms with Crippen LogP contribution < -0.4 is 0 Å². The lowest BCUT2D eigenvalue weighted by molar-refractivity contribution is 0.0524. The molecule has 0 spiro atoms. The Hall–Kier alpha value is -2.81. The zero-order valence-electron chi connectivity index (χ0n) is 13.2. The van der Waals surface area contributed by atoms with Gasteiger partial charge in [0.25, 0.3) is 0 Å². The molecule has 0 aliphatic rings. The molecule has 0 atom stereocenters. The lowest BCUT2D eigenvalue weighted by Gasteiger charge is -2.14. The van der Waals surface area contributed by atoms with E-state index >= 15 is 0 Å². The van der Waals surface area contributed by atoms with Gasteiger partial charge in [0.1, 0.15) is 11.3 Å². The summed E-state index contributed by atoms with van der Waals surface area (Å²) in [5.41, 5.74) is 2.87. The summed E-state index contributed by atoms with van der Waals surface area (Å²) in [6, 6.07) is 17.2. The van der Waals surface area contributed by atoms with Gasteiger partial charge in [-0.05, 0) is 30.9 Å². The van der Waals surface area contributed by atoms with E-state index in [2.05, 4.69) is 0 Å². The molecule has 0 heterocycles. The maximum atomic E-state index is 12.4. The van der Waals surface area contributed by atoms with Crippen molar-refractivity contribution >= 4 is 16.7 Å². The first kappa shape index (κ1) is 15.1. The van der Waals surface area contributed by atoms with Crippen molar-refractivity contribution in [2.45, 2.75) is 13.8 Å². The molecule has 0 radical (unpaired) electrons. The molecule has 0 unspecified atom stereocenters. The number of hydrogen-bond acceptors (Lipinski definition) is 3. The number of rotatable bonds is 3. The van der Waals surface area contributed by atoms with Gasteiger partial charge >= 0.3 is 5.97 Å². The van der Waals surface area contributed by atoms with E-state index in [1.807, 2.05) is 55.5 Å². The minimum absolute atomic E-state index is 0.0296. The number of carbonyl (C=O) groups excluding carboxylic acids is 1. The average molecular weight is 306 g/mol. The lowest BCUT2D eigenvalue weighted by Crippen LogP contribution is -2.07. The third-order valence-corrected chi connectivity index (χ3v) is 3.83. The first-order valence-electron chi connectivity index (χ1n) is 7.60. The molecule has 1 N–H and O–H groups in total. The molecule has 116 valence electrons. The van der Waals surface area contributed by atoms with E-state index in [1.165, 1.54) is 0 Å². The molecule has 0 aliphatic heterocycles. The molecule has 3 aromatic carbocycles. The summed E-state index contributed by atoms with van der Waals surface area (Å²) in [7, 11) is 0. The van der Waals surface area contributed by atoms with Gasteiger partial charge in [-0.3, -0.25) is 0 Å². The fourth-order valence-electron chi connectivity index (χ4n) is 2.78. The number of carbonyl (C=O) groups is 1. The summed E-state index contributed by atoms with van der Waals surface area (Å²) >= 11 is 0. The number of phenolic OH excluding ortho intramolecular Hbond substituents is 1. The van der Waals surface area contributed by atoms with Gasteiger partial charge < -0.3 is 9.84 Å². The molecule has 3 nitrogen and oxygen atoms in total. The molecule has 0 saturated carbocycles. The number of aromatic hydroxyl groups is 1. The van der Waals surface area contributed by atoms with Crippen molar-refractivity contribution in [2.75, 3.05) is 6.61 Å². The van der Waals surface area contributed by atoms with Crippen LogP contribution in [0.4, 0.5) is 0 Å². The van der Waals surface area contributed by atoms with Gasteiger partial charge in [0.15, 0.2) is 0 Å². The fourth-order valence-corrected chi connectivity index (χ4v) is 2.78. The SMILES string of the molecule is CCOC(=O)c1c(-c2cccc(C)c2)cc2ccccc2c1O. The molecule has 0 fully saturated rings. The fraction of sp³-hybridized carbons (Fsp3) is 0.150. The smallest absolute Gasteiger partial charge is 0.342 e. The standard InChI is InChI=1S/C20H18O3/c1-3-23-20(22)18-17(14-9-6-7-13(2)11-14)12-15-8-4-5-10-16(15)19(18)21/h4-12,21H,3H2,1-2H3. The average Bonchev–Trinajstić information content (AvgIpc) is 2.55. The Balaban J connectivity index is 2.34. The quantitative estimate of drug-likeness (QED) is 0.714. The minimum Gasteiger partial charge on any atom is -0.506 e. The van der Waals surface area contributed by atoms with Crippen LogP contribution in [0.3, 0.4) is 0 Å². The summed E-state index contributed by atoms with van der Waals surface area (Å²) in [5, 5.41) is 12.2. The summed E-state index contributed by atoms with van der Waals surface area (Å²) in [4.78, 5) is 12.4. The Morgan fingerprint density at radius 3 is 2.61 bits per heavy atom. The number of ether oxygens (including phenoxy) is 1. The van der Waals surface area contributed by atoms with Gasteiger partial charge in [-0.25, -0.2) is 4.79 Å². The van der Waals surface area contributed by atoms with Crippen LogP contribution in [0.25, 0.3) is 21.9 Å². The van der Waals surface area contributed by atoms with E-state index in [0.717, 1.165) is 16.5 Å². The molecule has 0 amide bonds.